The van der Waals surface area contributed by atoms with Crippen LogP contribution in [-0.2, 0) is 0 Å². The lowest BCUT2D eigenvalue weighted by atomic mass is 10.0. The molecule has 0 aliphatic rings. The van der Waals surface area contributed by atoms with Gasteiger partial charge in [0.15, 0.2) is 5.69 Å². The number of carbonyl (C=O) groups is 2. The van der Waals surface area contributed by atoms with Crippen molar-refractivity contribution >= 4 is 11.8 Å². The topological polar surface area (TPSA) is 98.0 Å². The molecule has 1 aromatic heterocycles. The van der Waals surface area contributed by atoms with Crippen LogP contribution in [0, 0.1) is 18.7 Å². The fraction of sp³-hybridized carbons (Fsp3) is 0.294. The second-order valence-electron chi connectivity index (χ2n) is 5.90. The van der Waals surface area contributed by atoms with Crippen LogP contribution >= 0.6 is 0 Å². The SMILES string of the molecule is Cc1c(F)cc(C(N)=O)cc1-c1ccc(C(=O)NCC(C)C)nn1. The van der Waals surface area contributed by atoms with Crippen molar-refractivity contribution in [3.8, 4) is 11.3 Å². The Morgan fingerprint density at radius 1 is 1.25 bits per heavy atom. The van der Waals surface area contributed by atoms with Crippen molar-refractivity contribution < 1.29 is 14.0 Å². The molecule has 2 amide bonds. The minimum Gasteiger partial charge on any atom is -0.366 e. The van der Waals surface area contributed by atoms with Gasteiger partial charge in [-0.2, -0.15) is 0 Å². The number of benzene rings is 1. The normalized spacial score (nSPS) is 10.7. The summed E-state index contributed by atoms with van der Waals surface area (Å²) in [6.45, 7) is 6.07. The molecule has 0 aliphatic carbocycles. The average molecular weight is 330 g/mol. The van der Waals surface area contributed by atoms with Crippen molar-refractivity contribution in [1.82, 2.24) is 15.5 Å². The molecule has 0 aliphatic heterocycles. The van der Waals surface area contributed by atoms with Gasteiger partial charge in [-0.15, -0.1) is 10.2 Å². The summed E-state index contributed by atoms with van der Waals surface area (Å²) in [5.41, 5.74) is 6.52. The molecule has 0 spiro atoms. The molecule has 0 saturated carbocycles. The molecule has 6 nitrogen and oxygen atoms in total. The van der Waals surface area contributed by atoms with Gasteiger partial charge in [0, 0.05) is 17.7 Å². The summed E-state index contributed by atoms with van der Waals surface area (Å²) in [6.07, 6.45) is 0. The molecule has 3 N–H and O–H groups in total. The molecule has 1 heterocycles. The monoisotopic (exact) mass is 330 g/mol. The lowest BCUT2D eigenvalue weighted by Crippen LogP contribution is -2.28. The highest BCUT2D eigenvalue weighted by Crippen LogP contribution is 2.25. The maximum atomic E-state index is 13.9. The van der Waals surface area contributed by atoms with Crippen LogP contribution in [-0.4, -0.2) is 28.6 Å². The Balaban J connectivity index is 2.31. The first-order chi connectivity index (χ1) is 11.3. The second-order valence-corrected chi connectivity index (χ2v) is 5.90. The second kappa shape index (κ2) is 7.16. The van der Waals surface area contributed by atoms with E-state index >= 15 is 0 Å². The van der Waals surface area contributed by atoms with E-state index in [0.717, 1.165) is 6.07 Å². The van der Waals surface area contributed by atoms with Gasteiger partial charge in [-0.05, 0) is 42.7 Å². The van der Waals surface area contributed by atoms with Gasteiger partial charge in [0.2, 0.25) is 5.91 Å². The van der Waals surface area contributed by atoms with Crippen LogP contribution in [0.1, 0.15) is 40.3 Å². The summed E-state index contributed by atoms with van der Waals surface area (Å²) in [4.78, 5) is 23.2. The van der Waals surface area contributed by atoms with Gasteiger partial charge < -0.3 is 11.1 Å². The number of hydrogen-bond acceptors (Lipinski definition) is 4. The quantitative estimate of drug-likeness (QED) is 0.877. The van der Waals surface area contributed by atoms with Crippen molar-refractivity contribution in [3.05, 3.63) is 46.9 Å². The van der Waals surface area contributed by atoms with E-state index in [-0.39, 0.29) is 17.2 Å². The zero-order valence-corrected chi connectivity index (χ0v) is 13.8. The molecule has 0 atom stereocenters. The highest BCUT2D eigenvalue weighted by atomic mass is 19.1. The zero-order chi connectivity index (χ0) is 17.9. The number of hydrogen-bond donors (Lipinski definition) is 2. The summed E-state index contributed by atoms with van der Waals surface area (Å²) in [5, 5.41) is 10.6. The van der Waals surface area contributed by atoms with Gasteiger partial charge >= 0.3 is 0 Å². The molecule has 2 rings (SSSR count). The first kappa shape index (κ1) is 17.5. The molecular weight excluding hydrogens is 311 g/mol. The largest absolute Gasteiger partial charge is 0.366 e. The van der Waals surface area contributed by atoms with E-state index in [9.17, 15) is 14.0 Å². The molecule has 126 valence electrons. The van der Waals surface area contributed by atoms with Gasteiger partial charge in [-0.25, -0.2) is 4.39 Å². The van der Waals surface area contributed by atoms with E-state index in [1.807, 2.05) is 13.8 Å². The number of halogens is 1. The standard InChI is InChI=1S/C17H19FN4O2/c1-9(2)8-20-17(24)15-5-4-14(21-22-15)12-6-11(16(19)23)7-13(18)10(12)3/h4-7,9H,8H2,1-3H3,(H2,19,23)(H,20,24). The predicted molar refractivity (Wildman–Crippen MR) is 87.9 cm³/mol. The van der Waals surface area contributed by atoms with Crippen LogP contribution < -0.4 is 11.1 Å². The summed E-state index contributed by atoms with van der Waals surface area (Å²) in [7, 11) is 0. The number of nitrogens with one attached hydrogen (secondary N) is 1. The van der Waals surface area contributed by atoms with Crippen molar-refractivity contribution in [3.63, 3.8) is 0 Å². The third kappa shape index (κ3) is 3.92. The van der Waals surface area contributed by atoms with Gasteiger partial charge in [-0.1, -0.05) is 13.8 Å². The van der Waals surface area contributed by atoms with Crippen LogP contribution in [0.3, 0.4) is 0 Å². The maximum absolute atomic E-state index is 13.9. The molecule has 0 fully saturated rings. The lowest BCUT2D eigenvalue weighted by molar-refractivity contribution is 0.0942. The van der Waals surface area contributed by atoms with Crippen molar-refractivity contribution in [2.45, 2.75) is 20.8 Å². The Morgan fingerprint density at radius 3 is 2.50 bits per heavy atom. The number of nitrogens with two attached hydrogens (primary N) is 1. The fourth-order valence-corrected chi connectivity index (χ4v) is 2.07. The Labute approximate surface area is 139 Å². The number of amides is 2. The third-order valence-corrected chi connectivity index (χ3v) is 3.47. The highest BCUT2D eigenvalue weighted by Gasteiger charge is 2.14. The Hall–Kier alpha value is -2.83. The van der Waals surface area contributed by atoms with Crippen LogP contribution in [0.2, 0.25) is 0 Å². The van der Waals surface area contributed by atoms with Crippen molar-refractivity contribution in [2.24, 2.45) is 11.7 Å². The summed E-state index contributed by atoms with van der Waals surface area (Å²) < 4.78 is 13.9. The summed E-state index contributed by atoms with van der Waals surface area (Å²) >= 11 is 0. The number of nitrogens with zero attached hydrogens (tertiary/aromatic N) is 2. The Morgan fingerprint density at radius 2 is 1.96 bits per heavy atom. The third-order valence-electron chi connectivity index (χ3n) is 3.47. The number of aromatic nitrogens is 2. The molecule has 0 radical (unpaired) electrons. The van der Waals surface area contributed by atoms with Crippen molar-refractivity contribution in [2.75, 3.05) is 6.54 Å². The summed E-state index contributed by atoms with van der Waals surface area (Å²) in [6, 6.07) is 5.61. The molecule has 0 bridgehead atoms. The minimum atomic E-state index is -0.729. The number of primary amides is 1. The molecule has 1 aromatic carbocycles. The van der Waals surface area contributed by atoms with Crippen LogP contribution in [0.5, 0.6) is 0 Å². The van der Waals surface area contributed by atoms with E-state index in [0.29, 0.717) is 29.3 Å². The van der Waals surface area contributed by atoms with E-state index in [1.165, 1.54) is 12.1 Å². The molecule has 7 heteroatoms. The van der Waals surface area contributed by atoms with Crippen LogP contribution in [0.25, 0.3) is 11.3 Å². The number of carbonyl (C=O) groups excluding carboxylic acids is 2. The van der Waals surface area contributed by atoms with Crippen molar-refractivity contribution in [1.29, 1.82) is 0 Å². The molecule has 0 unspecified atom stereocenters. The lowest BCUT2D eigenvalue weighted by Gasteiger charge is -2.09. The average Bonchev–Trinajstić information content (AvgIpc) is 2.55. The molecular formula is C17H19FN4O2. The minimum absolute atomic E-state index is 0.0497. The van der Waals surface area contributed by atoms with Gasteiger partial charge in [0.25, 0.3) is 5.91 Å². The molecule has 0 saturated heterocycles. The van der Waals surface area contributed by atoms with E-state index < -0.39 is 11.7 Å². The van der Waals surface area contributed by atoms with Gasteiger partial charge in [0.05, 0.1) is 5.69 Å². The first-order valence-corrected chi connectivity index (χ1v) is 7.52. The van der Waals surface area contributed by atoms with E-state index in [1.54, 1.807) is 13.0 Å². The highest BCUT2D eigenvalue weighted by molar-refractivity contribution is 5.94. The molecule has 24 heavy (non-hydrogen) atoms. The smallest absolute Gasteiger partial charge is 0.271 e. The Kier molecular flexibility index (Phi) is 5.23. The first-order valence-electron chi connectivity index (χ1n) is 7.52. The van der Waals surface area contributed by atoms with Crippen LogP contribution in [0.4, 0.5) is 4.39 Å². The van der Waals surface area contributed by atoms with Gasteiger partial charge in [0.1, 0.15) is 5.82 Å². The molecule has 2 aromatic rings. The van der Waals surface area contributed by atoms with E-state index in [2.05, 4.69) is 15.5 Å². The Bertz CT molecular complexity index is 773. The fourth-order valence-electron chi connectivity index (χ4n) is 2.07. The van der Waals surface area contributed by atoms with Gasteiger partial charge in [-0.3, -0.25) is 9.59 Å². The zero-order valence-electron chi connectivity index (χ0n) is 13.8. The number of rotatable bonds is 5. The summed E-state index contributed by atoms with van der Waals surface area (Å²) in [5.74, 6) is -1.28. The van der Waals surface area contributed by atoms with Crippen LogP contribution in [0.15, 0.2) is 24.3 Å². The predicted octanol–water partition coefficient (Wildman–Crippen LogP) is 2.08. The van der Waals surface area contributed by atoms with E-state index in [4.69, 9.17) is 5.73 Å². The maximum Gasteiger partial charge on any atom is 0.271 e.